The van der Waals surface area contributed by atoms with Gasteiger partial charge in [0.15, 0.2) is 0 Å². The molecule has 2 heterocycles. The number of hydrogen-bond acceptors (Lipinski definition) is 6. The second-order valence-electron chi connectivity index (χ2n) is 5.09. The fourth-order valence-corrected chi connectivity index (χ4v) is 3.52. The zero-order valence-electron chi connectivity index (χ0n) is 11.6. The number of rotatable bonds is 4. The number of ether oxygens (including phenoxy) is 1. The maximum atomic E-state index is 12.3. The summed E-state index contributed by atoms with van der Waals surface area (Å²) in [6.07, 6.45) is 0. The first-order valence-electron chi connectivity index (χ1n) is 6.83. The average molecular weight is 310 g/mol. The number of H-pyrrole nitrogens is 1. The van der Waals surface area contributed by atoms with Gasteiger partial charge in [-0.15, -0.1) is 0 Å². The number of hydrogen-bond donors (Lipinski definition) is 2. The summed E-state index contributed by atoms with van der Waals surface area (Å²) in [7, 11) is -3.42. The lowest BCUT2D eigenvalue weighted by molar-refractivity contribution is 0.0408. The topological polar surface area (TPSA) is 101 Å². The first kappa shape index (κ1) is 14.3. The summed E-state index contributed by atoms with van der Waals surface area (Å²) in [5.41, 5.74) is 7.50. The molecule has 2 aromatic rings. The van der Waals surface area contributed by atoms with Crippen molar-refractivity contribution in [1.82, 2.24) is 14.9 Å². The molecule has 1 aliphatic heterocycles. The Morgan fingerprint density at radius 2 is 2.10 bits per heavy atom. The van der Waals surface area contributed by atoms with Gasteiger partial charge < -0.3 is 15.5 Å². The highest BCUT2D eigenvalue weighted by molar-refractivity contribution is 7.91. The molecule has 1 aromatic heterocycles. The minimum atomic E-state index is -3.42. The summed E-state index contributed by atoms with van der Waals surface area (Å²) >= 11 is 0. The molecule has 0 radical (unpaired) electrons. The Labute approximate surface area is 123 Å². The van der Waals surface area contributed by atoms with Crippen molar-refractivity contribution in [2.24, 2.45) is 0 Å². The number of nitrogens with one attached hydrogen (secondary N) is 1. The molecule has 1 fully saturated rings. The number of nitrogen functional groups attached to an aromatic ring is 1. The Kier molecular flexibility index (Phi) is 3.83. The third kappa shape index (κ3) is 3.17. The van der Waals surface area contributed by atoms with Crippen molar-refractivity contribution < 1.29 is 13.2 Å². The Hall–Kier alpha value is -1.64. The van der Waals surface area contributed by atoms with E-state index in [4.69, 9.17) is 10.5 Å². The SMILES string of the molecule is Nc1ccc2nc(S(=O)(=O)CCN3CCOCC3)[nH]c2c1. The van der Waals surface area contributed by atoms with Gasteiger partial charge in [0, 0.05) is 25.3 Å². The first-order chi connectivity index (χ1) is 10.0. The van der Waals surface area contributed by atoms with Crippen LogP contribution in [0.2, 0.25) is 0 Å². The molecule has 0 saturated carbocycles. The van der Waals surface area contributed by atoms with Gasteiger partial charge in [-0.1, -0.05) is 0 Å². The van der Waals surface area contributed by atoms with Crippen LogP contribution in [0.25, 0.3) is 11.0 Å². The molecule has 0 spiro atoms. The second-order valence-corrected chi connectivity index (χ2v) is 7.12. The van der Waals surface area contributed by atoms with Crippen LogP contribution in [0.3, 0.4) is 0 Å². The van der Waals surface area contributed by atoms with E-state index >= 15 is 0 Å². The van der Waals surface area contributed by atoms with Crippen molar-refractivity contribution >= 4 is 26.6 Å². The van der Waals surface area contributed by atoms with Gasteiger partial charge in [0.05, 0.1) is 30.0 Å². The molecule has 8 heteroatoms. The highest BCUT2D eigenvalue weighted by atomic mass is 32.2. The maximum absolute atomic E-state index is 12.3. The Morgan fingerprint density at radius 3 is 2.86 bits per heavy atom. The monoisotopic (exact) mass is 310 g/mol. The van der Waals surface area contributed by atoms with Crippen LogP contribution >= 0.6 is 0 Å². The fraction of sp³-hybridized carbons (Fsp3) is 0.462. The summed E-state index contributed by atoms with van der Waals surface area (Å²) < 4.78 is 29.9. The molecule has 1 aromatic carbocycles. The van der Waals surface area contributed by atoms with E-state index in [1.54, 1.807) is 18.2 Å². The molecule has 3 N–H and O–H groups in total. The number of anilines is 1. The molecular formula is C13H18N4O3S. The molecular weight excluding hydrogens is 292 g/mol. The van der Waals surface area contributed by atoms with E-state index in [0.717, 1.165) is 13.1 Å². The predicted molar refractivity (Wildman–Crippen MR) is 79.8 cm³/mol. The van der Waals surface area contributed by atoms with Crippen molar-refractivity contribution in [3.05, 3.63) is 18.2 Å². The lowest BCUT2D eigenvalue weighted by Gasteiger charge is -2.26. The molecule has 114 valence electrons. The maximum Gasteiger partial charge on any atom is 0.226 e. The molecule has 1 saturated heterocycles. The van der Waals surface area contributed by atoms with Crippen LogP contribution in [0, 0.1) is 0 Å². The van der Waals surface area contributed by atoms with Crippen LogP contribution in [0.5, 0.6) is 0 Å². The largest absolute Gasteiger partial charge is 0.399 e. The van der Waals surface area contributed by atoms with Gasteiger partial charge >= 0.3 is 0 Å². The molecule has 0 aliphatic carbocycles. The summed E-state index contributed by atoms with van der Waals surface area (Å²) in [4.78, 5) is 9.07. The molecule has 3 rings (SSSR count). The number of fused-ring (bicyclic) bond motifs is 1. The standard InChI is InChI=1S/C13H18N4O3S/c14-10-1-2-11-12(9-10)16-13(15-11)21(18,19)8-5-17-3-6-20-7-4-17/h1-2,9H,3-8,14H2,(H,15,16). The van der Waals surface area contributed by atoms with Crippen LogP contribution in [0.15, 0.2) is 23.4 Å². The van der Waals surface area contributed by atoms with Crippen LogP contribution in [-0.4, -0.2) is 61.9 Å². The van der Waals surface area contributed by atoms with Gasteiger partial charge in [-0.25, -0.2) is 13.4 Å². The third-order valence-electron chi connectivity index (χ3n) is 3.56. The van der Waals surface area contributed by atoms with Gasteiger partial charge in [-0.3, -0.25) is 4.90 Å². The number of nitrogens with two attached hydrogens (primary N) is 1. The van der Waals surface area contributed by atoms with Crippen LogP contribution in [0.1, 0.15) is 0 Å². The zero-order chi connectivity index (χ0) is 14.9. The van der Waals surface area contributed by atoms with E-state index < -0.39 is 9.84 Å². The Balaban J connectivity index is 1.76. The van der Waals surface area contributed by atoms with Crippen LogP contribution in [-0.2, 0) is 14.6 Å². The van der Waals surface area contributed by atoms with Crippen molar-refractivity contribution in [3.8, 4) is 0 Å². The Bertz CT molecular complexity index is 735. The van der Waals surface area contributed by atoms with Crippen molar-refractivity contribution in [2.75, 3.05) is 44.3 Å². The highest BCUT2D eigenvalue weighted by Gasteiger charge is 2.21. The minimum Gasteiger partial charge on any atom is -0.399 e. The lowest BCUT2D eigenvalue weighted by atomic mass is 10.3. The molecule has 0 atom stereocenters. The lowest BCUT2D eigenvalue weighted by Crippen LogP contribution is -2.39. The number of aromatic nitrogens is 2. The summed E-state index contributed by atoms with van der Waals surface area (Å²) in [5, 5.41) is 0.0105. The normalized spacial score (nSPS) is 17.3. The highest BCUT2D eigenvalue weighted by Crippen LogP contribution is 2.18. The number of benzene rings is 1. The van der Waals surface area contributed by atoms with Gasteiger partial charge in [0.2, 0.25) is 15.0 Å². The second kappa shape index (κ2) is 5.63. The Morgan fingerprint density at radius 1 is 1.33 bits per heavy atom. The first-order valence-corrected chi connectivity index (χ1v) is 8.48. The number of imidazole rings is 1. The molecule has 0 bridgehead atoms. The summed E-state index contributed by atoms with van der Waals surface area (Å²) in [6, 6.07) is 5.10. The third-order valence-corrected chi connectivity index (χ3v) is 5.06. The average Bonchev–Trinajstić information content (AvgIpc) is 2.90. The fourth-order valence-electron chi connectivity index (χ4n) is 2.32. The van der Waals surface area contributed by atoms with E-state index in [1.165, 1.54) is 0 Å². The summed E-state index contributed by atoms with van der Waals surface area (Å²) in [6.45, 7) is 3.34. The smallest absolute Gasteiger partial charge is 0.226 e. The minimum absolute atomic E-state index is 0.0105. The quantitative estimate of drug-likeness (QED) is 0.785. The van der Waals surface area contributed by atoms with E-state index in [0.29, 0.717) is 36.5 Å². The number of morpholine rings is 1. The van der Waals surface area contributed by atoms with Gasteiger partial charge in [-0.05, 0) is 18.2 Å². The van der Waals surface area contributed by atoms with Crippen LogP contribution in [0.4, 0.5) is 5.69 Å². The van der Waals surface area contributed by atoms with Crippen molar-refractivity contribution in [2.45, 2.75) is 5.16 Å². The van der Waals surface area contributed by atoms with Gasteiger partial charge in [0.25, 0.3) is 0 Å². The number of nitrogens with zero attached hydrogens (tertiary/aromatic N) is 2. The zero-order valence-corrected chi connectivity index (χ0v) is 12.4. The van der Waals surface area contributed by atoms with E-state index in [-0.39, 0.29) is 10.9 Å². The number of aromatic amines is 1. The molecule has 0 unspecified atom stereocenters. The van der Waals surface area contributed by atoms with Gasteiger partial charge in [-0.2, -0.15) is 0 Å². The number of sulfone groups is 1. The van der Waals surface area contributed by atoms with E-state index in [1.807, 2.05) is 0 Å². The van der Waals surface area contributed by atoms with Gasteiger partial charge in [0.1, 0.15) is 0 Å². The van der Waals surface area contributed by atoms with Crippen molar-refractivity contribution in [1.29, 1.82) is 0 Å². The van der Waals surface area contributed by atoms with E-state index in [9.17, 15) is 8.42 Å². The van der Waals surface area contributed by atoms with Crippen LogP contribution < -0.4 is 5.73 Å². The van der Waals surface area contributed by atoms with E-state index in [2.05, 4.69) is 14.9 Å². The van der Waals surface area contributed by atoms with Crippen molar-refractivity contribution in [3.63, 3.8) is 0 Å². The predicted octanol–water partition coefficient (Wildman–Crippen LogP) is 0.251. The molecule has 21 heavy (non-hydrogen) atoms. The molecule has 1 aliphatic rings. The molecule has 7 nitrogen and oxygen atoms in total. The molecule has 0 amide bonds. The summed E-state index contributed by atoms with van der Waals surface area (Å²) in [5.74, 6) is 0.0440.